The van der Waals surface area contributed by atoms with Crippen LogP contribution in [0.15, 0.2) is 60.7 Å². The average molecular weight is 448 g/mol. The van der Waals surface area contributed by atoms with Crippen LogP contribution in [-0.4, -0.2) is 55.5 Å². The molecule has 170 valence electrons. The van der Waals surface area contributed by atoms with Gasteiger partial charge in [0, 0.05) is 24.3 Å². The van der Waals surface area contributed by atoms with Crippen LogP contribution in [0.5, 0.6) is 11.5 Å². The minimum absolute atomic E-state index is 0.0537. The normalized spacial score (nSPS) is 13.4. The van der Waals surface area contributed by atoms with Gasteiger partial charge in [-0.05, 0) is 42.0 Å². The number of phenolic OH excluding ortho intramolecular Hbond substituents is 1. The molecule has 0 aromatic heterocycles. The second-order valence-electron chi connectivity index (χ2n) is 7.52. The lowest BCUT2D eigenvalue weighted by molar-refractivity contribution is 0.0698. The summed E-state index contributed by atoms with van der Waals surface area (Å²) in [6, 6.07) is 16.8. The SMILES string of the molecule is COc1ccccc1-c1ccc(C(=O)O)c(NC(=O)c2cc(N3CCOCC3)ccc2O)c1. The van der Waals surface area contributed by atoms with E-state index in [0.717, 1.165) is 11.3 Å². The van der Waals surface area contributed by atoms with Gasteiger partial charge >= 0.3 is 5.97 Å². The van der Waals surface area contributed by atoms with Gasteiger partial charge in [-0.3, -0.25) is 4.79 Å². The highest BCUT2D eigenvalue weighted by Gasteiger charge is 2.20. The van der Waals surface area contributed by atoms with E-state index in [1.54, 1.807) is 37.4 Å². The van der Waals surface area contributed by atoms with Crippen molar-refractivity contribution < 1.29 is 29.3 Å². The zero-order valence-electron chi connectivity index (χ0n) is 18.1. The number of aromatic hydroxyl groups is 1. The van der Waals surface area contributed by atoms with E-state index in [1.165, 1.54) is 12.1 Å². The molecule has 1 heterocycles. The largest absolute Gasteiger partial charge is 0.507 e. The minimum Gasteiger partial charge on any atom is -0.507 e. The summed E-state index contributed by atoms with van der Waals surface area (Å²) in [7, 11) is 1.55. The van der Waals surface area contributed by atoms with Gasteiger partial charge in [-0.2, -0.15) is 0 Å². The van der Waals surface area contributed by atoms with Crippen LogP contribution in [0.1, 0.15) is 20.7 Å². The van der Waals surface area contributed by atoms with Crippen molar-refractivity contribution in [1.29, 1.82) is 0 Å². The van der Waals surface area contributed by atoms with Crippen LogP contribution in [0.4, 0.5) is 11.4 Å². The molecule has 1 aliphatic heterocycles. The second kappa shape index (κ2) is 9.62. The molecular weight excluding hydrogens is 424 g/mol. The highest BCUT2D eigenvalue weighted by atomic mass is 16.5. The fourth-order valence-electron chi connectivity index (χ4n) is 3.80. The van der Waals surface area contributed by atoms with Crippen LogP contribution in [-0.2, 0) is 4.74 Å². The van der Waals surface area contributed by atoms with E-state index < -0.39 is 11.9 Å². The lowest BCUT2D eigenvalue weighted by Crippen LogP contribution is -2.36. The van der Waals surface area contributed by atoms with E-state index in [9.17, 15) is 19.8 Å². The smallest absolute Gasteiger partial charge is 0.337 e. The molecule has 0 aliphatic carbocycles. The number of carboxylic acids is 1. The van der Waals surface area contributed by atoms with Crippen LogP contribution >= 0.6 is 0 Å². The van der Waals surface area contributed by atoms with Crippen LogP contribution in [0.25, 0.3) is 11.1 Å². The van der Waals surface area contributed by atoms with E-state index >= 15 is 0 Å². The number of carbonyl (C=O) groups excluding carboxylic acids is 1. The number of anilines is 2. The Morgan fingerprint density at radius 3 is 2.48 bits per heavy atom. The summed E-state index contributed by atoms with van der Waals surface area (Å²) in [6.07, 6.45) is 0. The third-order valence-electron chi connectivity index (χ3n) is 5.52. The summed E-state index contributed by atoms with van der Waals surface area (Å²) in [5.41, 5.74) is 2.32. The van der Waals surface area contributed by atoms with Gasteiger partial charge in [0.1, 0.15) is 11.5 Å². The Morgan fingerprint density at radius 1 is 1.00 bits per heavy atom. The number of hydrogen-bond acceptors (Lipinski definition) is 6. The van der Waals surface area contributed by atoms with Gasteiger partial charge in [-0.15, -0.1) is 0 Å². The number of hydrogen-bond donors (Lipinski definition) is 3. The van der Waals surface area contributed by atoms with E-state index in [0.29, 0.717) is 37.6 Å². The van der Waals surface area contributed by atoms with Gasteiger partial charge in [0.15, 0.2) is 0 Å². The average Bonchev–Trinajstić information content (AvgIpc) is 2.84. The maximum atomic E-state index is 13.1. The van der Waals surface area contributed by atoms with Crippen LogP contribution in [0.2, 0.25) is 0 Å². The second-order valence-corrected chi connectivity index (χ2v) is 7.52. The zero-order chi connectivity index (χ0) is 23.4. The fraction of sp³-hybridized carbons (Fsp3) is 0.200. The number of benzene rings is 3. The number of rotatable bonds is 6. The molecule has 1 fully saturated rings. The van der Waals surface area contributed by atoms with Crippen LogP contribution < -0.4 is 15.0 Å². The molecular formula is C25H24N2O6. The van der Waals surface area contributed by atoms with E-state index in [2.05, 4.69) is 10.2 Å². The summed E-state index contributed by atoms with van der Waals surface area (Å²) in [4.78, 5) is 26.9. The standard InChI is InChI=1S/C25H24N2O6/c1-32-23-5-3-2-4-18(23)16-6-8-19(25(30)31)21(14-16)26-24(29)20-15-17(7-9-22(20)28)27-10-12-33-13-11-27/h2-9,14-15,28H,10-13H2,1H3,(H,26,29)(H,30,31). The number of morpholine rings is 1. The van der Waals surface area contributed by atoms with E-state index in [4.69, 9.17) is 9.47 Å². The summed E-state index contributed by atoms with van der Waals surface area (Å²) >= 11 is 0. The number of carbonyl (C=O) groups is 2. The van der Waals surface area contributed by atoms with Crippen LogP contribution in [0, 0.1) is 0 Å². The fourth-order valence-corrected chi connectivity index (χ4v) is 3.80. The van der Waals surface area contributed by atoms with Crippen molar-refractivity contribution >= 4 is 23.3 Å². The Kier molecular flexibility index (Phi) is 6.46. The summed E-state index contributed by atoms with van der Waals surface area (Å²) in [5, 5.41) is 22.6. The minimum atomic E-state index is -1.18. The lowest BCUT2D eigenvalue weighted by atomic mass is 10.0. The highest BCUT2D eigenvalue weighted by molar-refractivity contribution is 6.10. The topological polar surface area (TPSA) is 108 Å². The first kappa shape index (κ1) is 22.2. The number of aromatic carboxylic acids is 1. The summed E-state index contributed by atoms with van der Waals surface area (Å²) in [5.74, 6) is -1.36. The lowest BCUT2D eigenvalue weighted by Gasteiger charge is -2.29. The number of nitrogens with one attached hydrogen (secondary N) is 1. The molecule has 0 radical (unpaired) electrons. The molecule has 0 bridgehead atoms. The quantitative estimate of drug-likeness (QED) is 0.526. The van der Waals surface area contributed by atoms with Gasteiger partial charge < -0.3 is 29.9 Å². The number of ether oxygens (including phenoxy) is 2. The Morgan fingerprint density at radius 2 is 1.76 bits per heavy atom. The van der Waals surface area contributed by atoms with Crippen molar-refractivity contribution in [2.45, 2.75) is 0 Å². The molecule has 0 unspecified atom stereocenters. The van der Waals surface area contributed by atoms with E-state index in [1.807, 2.05) is 18.2 Å². The van der Waals surface area contributed by atoms with Gasteiger partial charge in [0.25, 0.3) is 5.91 Å². The molecule has 0 spiro atoms. The molecule has 0 saturated carbocycles. The first-order valence-electron chi connectivity index (χ1n) is 10.5. The maximum Gasteiger partial charge on any atom is 0.337 e. The molecule has 8 heteroatoms. The Balaban J connectivity index is 1.68. The Labute approximate surface area is 191 Å². The monoisotopic (exact) mass is 448 g/mol. The van der Waals surface area contributed by atoms with Crippen molar-refractivity contribution in [2.24, 2.45) is 0 Å². The Bertz CT molecular complexity index is 1190. The first-order valence-corrected chi connectivity index (χ1v) is 10.5. The van der Waals surface area contributed by atoms with Gasteiger partial charge in [-0.1, -0.05) is 24.3 Å². The predicted molar refractivity (Wildman–Crippen MR) is 124 cm³/mol. The molecule has 0 atom stereocenters. The van der Waals surface area contributed by atoms with Crippen molar-refractivity contribution in [2.75, 3.05) is 43.6 Å². The van der Waals surface area contributed by atoms with Crippen molar-refractivity contribution in [3.05, 3.63) is 71.8 Å². The zero-order valence-corrected chi connectivity index (χ0v) is 18.1. The molecule has 4 rings (SSSR count). The number of para-hydroxylation sites is 1. The molecule has 1 aliphatic rings. The van der Waals surface area contributed by atoms with Crippen molar-refractivity contribution in [3.8, 4) is 22.6 Å². The molecule has 8 nitrogen and oxygen atoms in total. The van der Waals surface area contributed by atoms with Gasteiger partial charge in [0.2, 0.25) is 0 Å². The maximum absolute atomic E-state index is 13.1. The molecule has 3 N–H and O–H groups in total. The molecule has 3 aromatic carbocycles. The Hall–Kier alpha value is -4.04. The number of amides is 1. The third kappa shape index (κ3) is 4.75. The summed E-state index contributed by atoms with van der Waals surface area (Å²) in [6.45, 7) is 2.52. The summed E-state index contributed by atoms with van der Waals surface area (Å²) < 4.78 is 10.8. The molecule has 33 heavy (non-hydrogen) atoms. The predicted octanol–water partition coefficient (Wildman–Crippen LogP) is 3.85. The molecule has 1 amide bonds. The van der Waals surface area contributed by atoms with Crippen LogP contribution in [0.3, 0.4) is 0 Å². The molecule has 3 aromatic rings. The van der Waals surface area contributed by atoms with Crippen molar-refractivity contribution in [3.63, 3.8) is 0 Å². The number of phenols is 1. The van der Waals surface area contributed by atoms with Crippen molar-refractivity contribution in [1.82, 2.24) is 0 Å². The molecule has 1 saturated heterocycles. The first-order chi connectivity index (χ1) is 16.0. The number of methoxy groups -OCH3 is 1. The number of carboxylic acid groups (broad SMARTS) is 1. The van der Waals surface area contributed by atoms with E-state index in [-0.39, 0.29) is 22.6 Å². The number of nitrogens with zero attached hydrogens (tertiary/aromatic N) is 1. The highest BCUT2D eigenvalue weighted by Crippen LogP contribution is 2.33. The van der Waals surface area contributed by atoms with Gasteiger partial charge in [0.05, 0.1) is 37.1 Å². The third-order valence-corrected chi connectivity index (χ3v) is 5.52. The van der Waals surface area contributed by atoms with Gasteiger partial charge in [-0.25, -0.2) is 4.79 Å².